The van der Waals surface area contributed by atoms with Crippen LogP contribution in [0.25, 0.3) is 0 Å². The van der Waals surface area contributed by atoms with E-state index in [9.17, 15) is 4.79 Å². The van der Waals surface area contributed by atoms with Gasteiger partial charge in [-0.15, -0.1) is 0 Å². The fourth-order valence-electron chi connectivity index (χ4n) is 3.91. The van der Waals surface area contributed by atoms with E-state index in [-0.39, 0.29) is 10.7 Å². The van der Waals surface area contributed by atoms with Crippen LogP contribution < -0.4 is 0 Å². The summed E-state index contributed by atoms with van der Waals surface area (Å²) in [6.45, 7) is 13.5. The third-order valence-corrected chi connectivity index (χ3v) is 9.70. The zero-order valence-corrected chi connectivity index (χ0v) is 18.0. The van der Waals surface area contributed by atoms with E-state index >= 15 is 0 Å². The number of ketones is 1. The molecule has 0 saturated heterocycles. The van der Waals surface area contributed by atoms with E-state index in [1.54, 1.807) is 0 Å². The Morgan fingerprint density at radius 1 is 1.08 bits per heavy atom. The number of allylic oxidation sites excluding steroid dienone is 4. The van der Waals surface area contributed by atoms with Crippen LogP contribution in [-0.2, 0) is 4.79 Å². The van der Waals surface area contributed by atoms with Gasteiger partial charge in [0, 0.05) is 0 Å². The van der Waals surface area contributed by atoms with Crippen LogP contribution >= 0.6 is 10.0 Å². The molecule has 0 heterocycles. The van der Waals surface area contributed by atoms with Crippen LogP contribution in [0.3, 0.4) is 0 Å². The molecule has 0 radical (unpaired) electrons. The Labute approximate surface area is 152 Å². The minimum atomic E-state index is -0.935. The van der Waals surface area contributed by atoms with Gasteiger partial charge in [0.05, 0.1) is 5.25 Å². The first kappa shape index (κ1) is 21.5. The minimum Gasteiger partial charge on any atom is -0.293 e. The van der Waals surface area contributed by atoms with Gasteiger partial charge in [-0.3, -0.25) is 4.79 Å². The van der Waals surface area contributed by atoms with Crippen molar-refractivity contribution < 1.29 is 4.79 Å². The second-order valence-corrected chi connectivity index (χ2v) is 12.8. The van der Waals surface area contributed by atoms with Gasteiger partial charge in [-0.1, -0.05) is 65.2 Å². The molecule has 0 bridgehead atoms. The summed E-state index contributed by atoms with van der Waals surface area (Å²) in [5, 5.41) is 0.196. The minimum absolute atomic E-state index is 0.0414. The fraction of sp³-hybridized carbons (Fsp3) is 0.773. The molecule has 1 atom stereocenters. The van der Waals surface area contributed by atoms with Gasteiger partial charge in [0.1, 0.15) is 0 Å². The van der Waals surface area contributed by atoms with Crippen LogP contribution in [0, 0.1) is 5.41 Å². The van der Waals surface area contributed by atoms with E-state index in [0.29, 0.717) is 5.78 Å². The topological polar surface area (TPSA) is 17.1 Å². The Balaban J connectivity index is 3.19. The maximum absolute atomic E-state index is 13.5. The second-order valence-electron chi connectivity index (χ2n) is 8.78. The molecule has 0 spiro atoms. The number of carbonyl (C=O) groups excluding carboxylic acids is 1. The molecule has 0 aromatic carbocycles. The Morgan fingerprint density at radius 2 is 1.62 bits per heavy atom. The van der Waals surface area contributed by atoms with Crippen molar-refractivity contribution in [1.82, 2.24) is 0 Å². The number of Topliss-reactive ketones (excluding diaryl/α,β-unsaturated/α-hetero) is 1. The number of unbranched alkanes of at least 4 members (excludes halogenated alkanes) is 2. The van der Waals surface area contributed by atoms with E-state index in [1.165, 1.54) is 42.8 Å². The highest BCUT2D eigenvalue weighted by molar-refractivity contribution is 8.34. The average molecular weight is 353 g/mol. The van der Waals surface area contributed by atoms with Gasteiger partial charge >= 0.3 is 0 Å². The molecule has 0 N–H and O–H groups in total. The Bertz CT molecular complexity index is 471. The van der Waals surface area contributed by atoms with Crippen LogP contribution in [0.2, 0.25) is 0 Å². The molecule has 2 heteroatoms. The number of hydrogen-bond donors (Lipinski definition) is 0. The van der Waals surface area contributed by atoms with Crippen molar-refractivity contribution in [2.24, 2.45) is 5.41 Å². The standard InChI is InChI=1S/C22H40OS/c1-8-10-16-24(7,17-11-9-2)21(22(4,5)6)20(23)19-14-12-18(3)13-15-19/h12,14,21H,8-11,13,15-17H2,1-7H3. The highest BCUT2D eigenvalue weighted by Gasteiger charge is 2.42. The molecule has 1 rings (SSSR count). The van der Waals surface area contributed by atoms with Gasteiger partial charge < -0.3 is 0 Å². The molecule has 1 nitrogen and oxygen atoms in total. The molecular weight excluding hydrogens is 312 g/mol. The predicted octanol–water partition coefficient (Wildman–Crippen LogP) is 6.67. The maximum Gasteiger partial charge on any atom is 0.170 e. The first-order chi connectivity index (χ1) is 11.2. The van der Waals surface area contributed by atoms with Gasteiger partial charge in [0.15, 0.2) is 5.78 Å². The van der Waals surface area contributed by atoms with E-state index < -0.39 is 10.0 Å². The third-order valence-electron chi connectivity index (χ3n) is 5.20. The molecule has 24 heavy (non-hydrogen) atoms. The summed E-state index contributed by atoms with van der Waals surface area (Å²) in [7, 11) is -0.935. The molecule has 1 aliphatic carbocycles. The molecule has 140 valence electrons. The quantitative estimate of drug-likeness (QED) is 0.453. The van der Waals surface area contributed by atoms with E-state index in [0.717, 1.165) is 18.4 Å². The van der Waals surface area contributed by atoms with Crippen LogP contribution in [0.4, 0.5) is 0 Å². The van der Waals surface area contributed by atoms with Gasteiger partial charge in [-0.05, 0) is 61.4 Å². The normalized spacial score (nSPS) is 18.0. The molecule has 0 aromatic rings. The van der Waals surface area contributed by atoms with Crippen LogP contribution in [-0.4, -0.2) is 28.8 Å². The fourth-order valence-corrected chi connectivity index (χ4v) is 8.85. The van der Waals surface area contributed by atoms with Gasteiger partial charge in [-0.25, -0.2) is 10.0 Å². The number of hydrogen-bond acceptors (Lipinski definition) is 1. The summed E-state index contributed by atoms with van der Waals surface area (Å²) in [6, 6.07) is 0. The highest BCUT2D eigenvalue weighted by atomic mass is 32.3. The molecule has 0 aliphatic heterocycles. The van der Waals surface area contributed by atoms with Crippen molar-refractivity contribution in [3.05, 3.63) is 23.3 Å². The van der Waals surface area contributed by atoms with Crippen molar-refractivity contribution in [3.63, 3.8) is 0 Å². The first-order valence-corrected chi connectivity index (χ1v) is 12.2. The van der Waals surface area contributed by atoms with Crippen LogP contribution in [0.15, 0.2) is 23.3 Å². The smallest absolute Gasteiger partial charge is 0.170 e. The van der Waals surface area contributed by atoms with E-state index in [4.69, 9.17) is 0 Å². The zero-order valence-electron chi connectivity index (χ0n) is 17.2. The van der Waals surface area contributed by atoms with Crippen molar-refractivity contribution >= 4 is 15.8 Å². The molecule has 0 saturated carbocycles. The maximum atomic E-state index is 13.5. The van der Waals surface area contributed by atoms with E-state index in [1.807, 2.05) is 0 Å². The van der Waals surface area contributed by atoms with Gasteiger partial charge in [0.25, 0.3) is 0 Å². The lowest BCUT2D eigenvalue weighted by molar-refractivity contribution is -0.116. The van der Waals surface area contributed by atoms with E-state index in [2.05, 4.69) is 60.0 Å². The largest absolute Gasteiger partial charge is 0.293 e. The molecule has 1 unspecified atom stereocenters. The van der Waals surface area contributed by atoms with Gasteiger partial charge in [0.2, 0.25) is 0 Å². The average Bonchev–Trinajstić information content (AvgIpc) is 2.50. The Morgan fingerprint density at radius 3 is 2.00 bits per heavy atom. The number of rotatable bonds is 9. The number of carbonyl (C=O) groups is 1. The molecule has 0 aromatic heterocycles. The molecule has 0 amide bonds. The summed E-state index contributed by atoms with van der Waals surface area (Å²) < 4.78 is 0. The predicted molar refractivity (Wildman–Crippen MR) is 112 cm³/mol. The Hall–Kier alpha value is -0.500. The van der Waals surface area contributed by atoms with Crippen molar-refractivity contribution in [2.45, 2.75) is 85.3 Å². The van der Waals surface area contributed by atoms with Crippen LogP contribution in [0.1, 0.15) is 80.1 Å². The first-order valence-electron chi connectivity index (χ1n) is 9.78. The van der Waals surface area contributed by atoms with Crippen molar-refractivity contribution in [1.29, 1.82) is 0 Å². The highest BCUT2D eigenvalue weighted by Crippen LogP contribution is 2.57. The Kier molecular flexibility index (Phi) is 8.32. The molecule has 0 fully saturated rings. The van der Waals surface area contributed by atoms with Crippen molar-refractivity contribution in [3.8, 4) is 0 Å². The van der Waals surface area contributed by atoms with Gasteiger partial charge in [-0.2, -0.15) is 0 Å². The SMILES string of the molecule is CCCCS(C)(CCCC)C(C(=O)C1=CC=C(C)CC1)C(C)(C)C. The second kappa shape index (κ2) is 9.27. The molecule has 1 aliphatic rings. The molecular formula is C22H40OS. The monoisotopic (exact) mass is 352 g/mol. The summed E-state index contributed by atoms with van der Waals surface area (Å²) in [6.07, 6.45) is 13.7. The summed E-state index contributed by atoms with van der Waals surface area (Å²) in [5.74, 6) is 2.95. The van der Waals surface area contributed by atoms with Crippen LogP contribution in [0.5, 0.6) is 0 Å². The van der Waals surface area contributed by atoms with Crippen molar-refractivity contribution in [2.75, 3.05) is 17.8 Å². The zero-order chi connectivity index (χ0) is 18.4. The lowest BCUT2D eigenvalue weighted by Crippen LogP contribution is -2.42. The lowest BCUT2D eigenvalue weighted by Gasteiger charge is -2.49. The summed E-state index contributed by atoms with van der Waals surface area (Å²) in [4.78, 5) is 13.5. The summed E-state index contributed by atoms with van der Waals surface area (Å²) >= 11 is 0. The summed E-state index contributed by atoms with van der Waals surface area (Å²) in [5.41, 5.74) is 2.51. The third kappa shape index (κ3) is 5.79. The lowest BCUT2D eigenvalue weighted by atomic mass is 9.84.